The van der Waals surface area contributed by atoms with Crippen LogP contribution < -0.4 is 4.74 Å². The number of carbonyl (C=O) groups is 1. The second kappa shape index (κ2) is 13.3. The molecule has 0 radical (unpaired) electrons. The Kier molecular flexibility index (Phi) is 10.6. The number of ether oxygens (including phenoxy) is 2. The van der Waals surface area contributed by atoms with Crippen LogP contribution in [0.3, 0.4) is 0 Å². The summed E-state index contributed by atoms with van der Waals surface area (Å²) in [5, 5.41) is 2.60. The summed E-state index contributed by atoms with van der Waals surface area (Å²) < 4.78 is 17.1. The lowest BCUT2D eigenvalue weighted by Gasteiger charge is -2.36. The van der Waals surface area contributed by atoms with Gasteiger partial charge in [0, 0.05) is 12.0 Å². The Bertz CT molecular complexity index is 1080. The fourth-order valence-corrected chi connectivity index (χ4v) is 6.05. The molecule has 2 atom stereocenters. The van der Waals surface area contributed by atoms with E-state index in [1.807, 2.05) is 13.0 Å². The maximum atomic E-state index is 12.6. The molecular formula is C33H50O4Si. The Balaban J connectivity index is 1.47. The fourth-order valence-electron chi connectivity index (χ4n) is 4.96. The highest BCUT2D eigenvalue weighted by molar-refractivity contribution is 6.74. The van der Waals surface area contributed by atoms with Crippen LogP contribution >= 0.6 is 0 Å². The summed E-state index contributed by atoms with van der Waals surface area (Å²) in [6.45, 7) is 14.8. The van der Waals surface area contributed by atoms with E-state index >= 15 is 0 Å². The molecule has 38 heavy (non-hydrogen) atoms. The maximum Gasteiger partial charge on any atom is 0.310 e. The number of hydrogen-bond donors (Lipinski definition) is 0. The molecule has 5 heteroatoms. The number of allylic oxidation sites excluding steroid dienone is 2. The number of unbranched alkanes of at least 4 members (excludes halogenated alkanes) is 6. The van der Waals surface area contributed by atoms with E-state index in [0.717, 1.165) is 30.6 Å². The van der Waals surface area contributed by atoms with Gasteiger partial charge in [0.1, 0.15) is 5.75 Å². The number of esters is 1. The predicted octanol–water partition coefficient (Wildman–Crippen LogP) is 8.98. The summed E-state index contributed by atoms with van der Waals surface area (Å²) in [7, 11) is 0.0833. The van der Waals surface area contributed by atoms with Crippen LogP contribution in [0.4, 0.5) is 0 Å². The molecule has 0 aliphatic heterocycles. The molecule has 0 bridgehead atoms. The van der Waals surface area contributed by atoms with E-state index in [0.29, 0.717) is 11.6 Å². The van der Waals surface area contributed by atoms with E-state index in [-0.39, 0.29) is 17.3 Å². The van der Waals surface area contributed by atoms with Crippen molar-refractivity contribution in [3.05, 3.63) is 54.1 Å². The minimum absolute atomic E-state index is 0.0792. The van der Waals surface area contributed by atoms with Crippen LogP contribution in [0.5, 0.6) is 5.75 Å². The zero-order valence-electron chi connectivity index (χ0n) is 24.9. The second-order valence-corrected chi connectivity index (χ2v) is 17.2. The van der Waals surface area contributed by atoms with Gasteiger partial charge in [-0.05, 0) is 79.2 Å². The average Bonchev–Trinajstić information content (AvgIpc) is 3.62. The predicted molar refractivity (Wildman–Crippen MR) is 162 cm³/mol. The monoisotopic (exact) mass is 538 g/mol. The molecule has 4 nitrogen and oxygen atoms in total. The van der Waals surface area contributed by atoms with Gasteiger partial charge in [0.25, 0.3) is 0 Å². The van der Waals surface area contributed by atoms with Crippen molar-refractivity contribution in [1.29, 1.82) is 0 Å². The molecular weight excluding hydrogens is 488 g/mol. The standard InChI is InChI=1S/C33H50O4Si/c1-8-36-31(34)30-25-33(30,28-19-17-27-24-29(35-5)20-18-26(27)23-28)21-15-13-11-9-10-12-14-16-22-37-38(6,7)32(2,3)4/h15,17-21,23-24,30H,8-14,16,22,25H2,1-7H3/b21-15+/t30-,33-/m0/s1. The summed E-state index contributed by atoms with van der Waals surface area (Å²) in [6, 6.07) is 12.7. The van der Waals surface area contributed by atoms with E-state index < -0.39 is 8.32 Å². The Hall–Kier alpha value is -2.11. The minimum atomic E-state index is -1.61. The number of methoxy groups -OCH3 is 1. The molecule has 2 aromatic carbocycles. The maximum absolute atomic E-state index is 12.6. The van der Waals surface area contributed by atoms with Crippen molar-refractivity contribution in [2.24, 2.45) is 5.92 Å². The molecule has 1 saturated carbocycles. The third-order valence-electron chi connectivity index (χ3n) is 8.61. The second-order valence-electron chi connectivity index (χ2n) is 12.4. The first-order chi connectivity index (χ1) is 18.0. The molecule has 0 N–H and O–H groups in total. The largest absolute Gasteiger partial charge is 0.497 e. The highest BCUT2D eigenvalue weighted by atomic mass is 28.4. The summed E-state index contributed by atoms with van der Waals surface area (Å²) in [4.78, 5) is 12.6. The lowest BCUT2D eigenvalue weighted by atomic mass is 9.90. The quantitative estimate of drug-likeness (QED) is 0.0982. The highest BCUT2D eigenvalue weighted by Gasteiger charge is 2.58. The van der Waals surface area contributed by atoms with E-state index in [4.69, 9.17) is 13.9 Å². The smallest absolute Gasteiger partial charge is 0.310 e. The Morgan fingerprint density at radius 3 is 2.34 bits per heavy atom. The molecule has 210 valence electrons. The third kappa shape index (κ3) is 7.72. The summed E-state index contributed by atoms with van der Waals surface area (Å²) >= 11 is 0. The van der Waals surface area contributed by atoms with Crippen LogP contribution in [0, 0.1) is 5.92 Å². The zero-order chi connectivity index (χ0) is 27.8. The number of benzene rings is 2. The van der Waals surface area contributed by atoms with Gasteiger partial charge in [-0.15, -0.1) is 0 Å². The van der Waals surface area contributed by atoms with Gasteiger partial charge in [-0.3, -0.25) is 4.79 Å². The van der Waals surface area contributed by atoms with Crippen LogP contribution in [0.1, 0.15) is 84.6 Å². The van der Waals surface area contributed by atoms with E-state index in [9.17, 15) is 4.79 Å². The van der Waals surface area contributed by atoms with Crippen molar-refractivity contribution < 1.29 is 18.7 Å². The number of hydrogen-bond acceptors (Lipinski definition) is 4. The van der Waals surface area contributed by atoms with E-state index in [1.165, 1.54) is 49.5 Å². The van der Waals surface area contributed by atoms with Crippen LogP contribution in [-0.4, -0.2) is 34.6 Å². The molecule has 1 fully saturated rings. The lowest BCUT2D eigenvalue weighted by molar-refractivity contribution is -0.145. The fraction of sp³-hybridized carbons (Fsp3) is 0.606. The summed E-state index contributed by atoms with van der Waals surface area (Å²) in [6.07, 6.45) is 13.9. The molecule has 0 saturated heterocycles. The van der Waals surface area contributed by atoms with Gasteiger partial charge >= 0.3 is 5.97 Å². The SMILES string of the molecule is CCOC(=O)[C@@H]1C[C@@]1(/C=C/CCCCCCCCO[Si](C)(C)C(C)(C)C)c1ccc2cc(OC)ccc2c1. The van der Waals surface area contributed by atoms with Gasteiger partial charge in [0.15, 0.2) is 8.32 Å². The Labute approximate surface area is 232 Å². The van der Waals surface area contributed by atoms with Gasteiger partial charge < -0.3 is 13.9 Å². The number of rotatable bonds is 15. The number of fused-ring (bicyclic) bond motifs is 1. The van der Waals surface area contributed by atoms with Gasteiger partial charge in [0.05, 0.1) is 19.6 Å². The first-order valence-electron chi connectivity index (χ1n) is 14.6. The first-order valence-corrected chi connectivity index (χ1v) is 17.5. The third-order valence-corrected chi connectivity index (χ3v) is 13.1. The molecule has 0 amide bonds. The van der Waals surface area contributed by atoms with Crippen molar-refractivity contribution in [2.45, 2.75) is 103 Å². The highest BCUT2D eigenvalue weighted by Crippen LogP contribution is 2.56. The normalized spacial score (nSPS) is 19.7. The van der Waals surface area contributed by atoms with Crippen LogP contribution in [0.2, 0.25) is 18.1 Å². The van der Waals surface area contributed by atoms with Gasteiger partial charge in [-0.1, -0.05) is 82.9 Å². The van der Waals surface area contributed by atoms with E-state index in [1.54, 1.807) is 7.11 Å². The summed E-state index contributed by atoms with van der Waals surface area (Å²) in [5.74, 6) is 0.683. The van der Waals surface area contributed by atoms with Crippen molar-refractivity contribution >= 4 is 25.1 Å². The molecule has 3 rings (SSSR count). The molecule has 1 aliphatic carbocycles. The van der Waals surface area contributed by atoms with Crippen molar-refractivity contribution in [1.82, 2.24) is 0 Å². The van der Waals surface area contributed by atoms with Crippen LogP contribution in [0.25, 0.3) is 10.8 Å². The minimum Gasteiger partial charge on any atom is -0.497 e. The van der Waals surface area contributed by atoms with Gasteiger partial charge in [-0.25, -0.2) is 0 Å². The summed E-state index contributed by atoms with van der Waals surface area (Å²) in [5.41, 5.74) is 0.953. The Morgan fingerprint density at radius 2 is 1.66 bits per heavy atom. The molecule has 0 aromatic heterocycles. The number of carbonyl (C=O) groups excluding carboxylic acids is 1. The van der Waals surface area contributed by atoms with Crippen molar-refractivity contribution in [2.75, 3.05) is 20.3 Å². The average molecular weight is 539 g/mol. The molecule has 0 unspecified atom stereocenters. The molecule has 0 heterocycles. The van der Waals surface area contributed by atoms with E-state index in [2.05, 4.69) is 76.3 Å². The molecule has 2 aromatic rings. The first kappa shape index (κ1) is 30.4. The van der Waals surface area contributed by atoms with Crippen LogP contribution in [0.15, 0.2) is 48.6 Å². The zero-order valence-corrected chi connectivity index (χ0v) is 25.9. The van der Waals surface area contributed by atoms with Crippen molar-refractivity contribution in [3.8, 4) is 5.75 Å². The molecule has 0 spiro atoms. The van der Waals surface area contributed by atoms with Gasteiger partial charge in [-0.2, -0.15) is 0 Å². The lowest BCUT2D eigenvalue weighted by Crippen LogP contribution is -2.40. The van der Waals surface area contributed by atoms with Crippen molar-refractivity contribution in [3.63, 3.8) is 0 Å². The Morgan fingerprint density at radius 1 is 1.00 bits per heavy atom. The molecule has 1 aliphatic rings. The van der Waals surface area contributed by atoms with Crippen LogP contribution in [-0.2, 0) is 19.4 Å². The topological polar surface area (TPSA) is 44.8 Å². The van der Waals surface area contributed by atoms with Gasteiger partial charge in [0.2, 0.25) is 0 Å².